The van der Waals surface area contributed by atoms with Crippen molar-refractivity contribution in [3.05, 3.63) is 114 Å². The van der Waals surface area contributed by atoms with E-state index in [4.69, 9.17) is 17.9 Å². The SMILES string of the molecule is [B]N(Cc1nc(-c2ccncc2)c(-c2cccc(C)n2)[nH]1)Cc1ccccc1-c1ccccc1. The van der Waals surface area contributed by atoms with E-state index in [1.165, 1.54) is 11.1 Å². The second-order valence-electron chi connectivity index (χ2n) is 8.24. The van der Waals surface area contributed by atoms with Crippen molar-refractivity contribution < 1.29 is 0 Å². The summed E-state index contributed by atoms with van der Waals surface area (Å²) < 4.78 is 0. The van der Waals surface area contributed by atoms with E-state index >= 15 is 0 Å². The number of hydrogen-bond acceptors (Lipinski definition) is 4. The third-order valence-electron chi connectivity index (χ3n) is 5.68. The highest BCUT2D eigenvalue weighted by Crippen LogP contribution is 2.30. The van der Waals surface area contributed by atoms with Crippen LogP contribution in [0.15, 0.2) is 97.3 Å². The van der Waals surface area contributed by atoms with E-state index in [0.29, 0.717) is 13.1 Å². The molecule has 0 amide bonds. The van der Waals surface area contributed by atoms with E-state index in [1.54, 1.807) is 17.2 Å². The van der Waals surface area contributed by atoms with Crippen LogP contribution in [0.5, 0.6) is 0 Å². The number of H-pyrrole nitrogens is 1. The Bertz CT molecular complexity index is 1380. The molecule has 5 nitrogen and oxygen atoms in total. The van der Waals surface area contributed by atoms with Gasteiger partial charge < -0.3 is 9.79 Å². The van der Waals surface area contributed by atoms with Crippen molar-refractivity contribution in [2.24, 2.45) is 0 Å². The zero-order valence-electron chi connectivity index (χ0n) is 19.0. The van der Waals surface area contributed by atoms with Crippen LogP contribution >= 0.6 is 0 Å². The van der Waals surface area contributed by atoms with Crippen molar-refractivity contribution in [3.63, 3.8) is 0 Å². The minimum Gasteiger partial charge on any atom is -0.344 e. The van der Waals surface area contributed by atoms with Gasteiger partial charge in [0.05, 0.1) is 17.1 Å². The van der Waals surface area contributed by atoms with Gasteiger partial charge in [0.2, 0.25) is 0 Å². The Labute approximate surface area is 201 Å². The highest BCUT2D eigenvalue weighted by molar-refractivity contribution is 6.04. The van der Waals surface area contributed by atoms with Crippen molar-refractivity contribution in [2.75, 3.05) is 0 Å². The van der Waals surface area contributed by atoms with E-state index in [1.807, 2.05) is 49.4 Å². The second-order valence-corrected chi connectivity index (χ2v) is 8.24. The molecular weight excluding hydrogens is 417 g/mol. The molecule has 164 valence electrons. The molecule has 5 aromatic rings. The van der Waals surface area contributed by atoms with Gasteiger partial charge in [0.25, 0.3) is 0 Å². The fourth-order valence-corrected chi connectivity index (χ4v) is 4.11. The highest BCUT2D eigenvalue weighted by Gasteiger charge is 2.17. The van der Waals surface area contributed by atoms with Crippen LogP contribution in [0.25, 0.3) is 33.8 Å². The number of hydrogen-bond donors (Lipinski definition) is 1. The lowest BCUT2D eigenvalue weighted by Crippen LogP contribution is -2.20. The maximum absolute atomic E-state index is 6.49. The van der Waals surface area contributed by atoms with Crippen LogP contribution < -0.4 is 0 Å². The van der Waals surface area contributed by atoms with Gasteiger partial charge in [-0.3, -0.25) is 9.97 Å². The van der Waals surface area contributed by atoms with Gasteiger partial charge >= 0.3 is 0 Å². The molecule has 0 atom stereocenters. The molecule has 0 unspecified atom stereocenters. The van der Waals surface area contributed by atoms with Crippen molar-refractivity contribution >= 4 is 7.98 Å². The Morgan fingerprint density at radius 2 is 1.53 bits per heavy atom. The minimum absolute atomic E-state index is 0.465. The normalized spacial score (nSPS) is 11.1. The monoisotopic (exact) mass is 441 g/mol. The van der Waals surface area contributed by atoms with E-state index in [2.05, 4.69) is 52.4 Å². The third-order valence-corrected chi connectivity index (χ3v) is 5.68. The van der Waals surface area contributed by atoms with Crippen LogP contribution in [-0.4, -0.2) is 32.7 Å². The molecule has 0 bridgehead atoms. The Morgan fingerprint density at radius 3 is 2.32 bits per heavy atom. The lowest BCUT2D eigenvalue weighted by atomic mass is 9.99. The number of benzene rings is 2. The molecule has 1 N–H and O–H groups in total. The lowest BCUT2D eigenvalue weighted by Gasteiger charge is -2.18. The van der Waals surface area contributed by atoms with Crippen LogP contribution in [0.4, 0.5) is 0 Å². The van der Waals surface area contributed by atoms with E-state index in [9.17, 15) is 0 Å². The molecule has 2 radical (unpaired) electrons. The van der Waals surface area contributed by atoms with Crippen molar-refractivity contribution in [3.8, 4) is 33.8 Å². The van der Waals surface area contributed by atoms with Gasteiger partial charge in [-0.25, -0.2) is 4.98 Å². The predicted octanol–water partition coefficient (Wildman–Crippen LogP) is 5.59. The zero-order chi connectivity index (χ0) is 23.3. The summed E-state index contributed by atoms with van der Waals surface area (Å²) in [5, 5.41) is 0. The number of nitrogens with zero attached hydrogens (tertiary/aromatic N) is 4. The van der Waals surface area contributed by atoms with Crippen LogP contribution in [0.2, 0.25) is 0 Å². The van der Waals surface area contributed by atoms with E-state index in [-0.39, 0.29) is 0 Å². The average Bonchev–Trinajstić information content (AvgIpc) is 3.29. The van der Waals surface area contributed by atoms with Gasteiger partial charge in [0, 0.05) is 36.7 Å². The molecule has 0 saturated carbocycles. The molecule has 2 aromatic carbocycles. The standard InChI is InChI=1S/C28H24BN5/c1-20-8-7-13-25(31-20)28-27(22-14-16-30-17-15-22)32-26(33-28)19-34(29)18-23-11-5-6-12-24(23)21-9-3-2-4-10-21/h2-17H,18-19H2,1H3,(H,32,33). The van der Waals surface area contributed by atoms with Crippen LogP contribution in [0.3, 0.4) is 0 Å². The first-order chi connectivity index (χ1) is 16.7. The maximum atomic E-state index is 6.49. The minimum atomic E-state index is 0.465. The van der Waals surface area contributed by atoms with Crippen molar-refractivity contribution in [2.45, 2.75) is 20.0 Å². The summed E-state index contributed by atoms with van der Waals surface area (Å²) in [7, 11) is 6.49. The summed E-state index contributed by atoms with van der Waals surface area (Å²) >= 11 is 0. The lowest BCUT2D eigenvalue weighted by molar-refractivity contribution is 0.433. The molecule has 0 aliphatic rings. The summed E-state index contributed by atoms with van der Waals surface area (Å²) in [4.78, 5) is 19.0. The molecule has 34 heavy (non-hydrogen) atoms. The first kappa shape index (κ1) is 21.8. The molecular formula is C28H24BN5. The van der Waals surface area contributed by atoms with Crippen molar-refractivity contribution in [1.82, 2.24) is 24.7 Å². The Kier molecular flexibility index (Phi) is 6.32. The highest BCUT2D eigenvalue weighted by atomic mass is 15.1. The largest absolute Gasteiger partial charge is 0.344 e. The molecule has 3 aromatic heterocycles. The van der Waals surface area contributed by atoms with Gasteiger partial charge in [-0.2, -0.15) is 0 Å². The quantitative estimate of drug-likeness (QED) is 0.335. The molecule has 0 fully saturated rings. The fraction of sp³-hybridized carbons (Fsp3) is 0.107. The molecule has 0 saturated heterocycles. The smallest absolute Gasteiger partial charge is 0.183 e. The summed E-state index contributed by atoms with van der Waals surface area (Å²) in [6.45, 7) is 3.04. The zero-order valence-corrected chi connectivity index (χ0v) is 19.0. The first-order valence-electron chi connectivity index (χ1n) is 11.2. The molecule has 6 heteroatoms. The number of nitrogens with one attached hydrogen (secondary N) is 1. The topological polar surface area (TPSA) is 57.7 Å². The molecule has 0 spiro atoms. The molecule has 3 heterocycles. The summed E-state index contributed by atoms with van der Waals surface area (Å²) in [6, 6.07) is 28.6. The van der Waals surface area contributed by atoms with Gasteiger partial charge in [-0.05, 0) is 47.9 Å². The van der Waals surface area contributed by atoms with Gasteiger partial charge in [0.1, 0.15) is 5.82 Å². The fourth-order valence-electron chi connectivity index (χ4n) is 4.11. The van der Waals surface area contributed by atoms with Crippen LogP contribution in [0, 0.1) is 6.92 Å². The third kappa shape index (κ3) is 4.82. The molecule has 0 aliphatic heterocycles. The van der Waals surface area contributed by atoms with Gasteiger partial charge in [-0.15, -0.1) is 0 Å². The van der Waals surface area contributed by atoms with E-state index < -0.39 is 0 Å². The van der Waals surface area contributed by atoms with Crippen LogP contribution in [-0.2, 0) is 13.1 Å². The number of aromatic nitrogens is 4. The summed E-state index contributed by atoms with van der Waals surface area (Å²) in [6.07, 6.45) is 3.54. The first-order valence-corrected chi connectivity index (χ1v) is 11.2. The van der Waals surface area contributed by atoms with Gasteiger partial charge in [-0.1, -0.05) is 60.7 Å². The molecule has 5 rings (SSSR count). The number of aryl methyl sites for hydroxylation is 1. The van der Waals surface area contributed by atoms with Gasteiger partial charge in [0.15, 0.2) is 7.98 Å². The number of aromatic amines is 1. The summed E-state index contributed by atoms with van der Waals surface area (Å²) in [5.74, 6) is 0.782. The summed E-state index contributed by atoms with van der Waals surface area (Å²) in [5.41, 5.74) is 8.02. The maximum Gasteiger partial charge on any atom is 0.183 e. The van der Waals surface area contributed by atoms with Crippen molar-refractivity contribution in [1.29, 1.82) is 0 Å². The number of pyridine rings is 2. The predicted molar refractivity (Wildman–Crippen MR) is 137 cm³/mol. The number of imidazole rings is 1. The molecule has 0 aliphatic carbocycles. The Morgan fingerprint density at radius 1 is 0.765 bits per heavy atom. The average molecular weight is 441 g/mol. The second kappa shape index (κ2) is 9.85. The Hall–Kier alpha value is -4.03. The number of rotatable bonds is 7. The Balaban J connectivity index is 1.43. The van der Waals surface area contributed by atoms with E-state index in [0.717, 1.165) is 39.7 Å². The van der Waals surface area contributed by atoms with Crippen LogP contribution in [0.1, 0.15) is 17.1 Å².